The zero-order valence-electron chi connectivity index (χ0n) is 10.7. The van der Waals surface area contributed by atoms with E-state index in [2.05, 4.69) is 32.2 Å². The molecule has 1 aliphatic heterocycles. The van der Waals surface area contributed by atoms with E-state index < -0.39 is 0 Å². The summed E-state index contributed by atoms with van der Waals surface area (Å²) < 4.78 is 5.74. The van der Waals surface area contributed by atoms with Crippen LogP contribution < -0.4 is 5.32 Å². The van der Waals surface area contributed by atoms with Crippen LogP contribution in [0.4, 0.5) is 5.69 Å². The third-order valence-electron chi connectivity index (χ3n) is 3.26. The summed E-state index contributed by atoms with van der Waals surface area (Å²) in [6.45, 7) is 6.37. The van der Waals surface area contributed by atoms with Crippen molar-refractivity contribution in [2.45, 2.75) is 51.9 Å². The van der Waals surface area contributed by atoms with Gasteiger partial charge in [-0.15, -0.1) is 0 Å². The maximum absolute atomic E-state index is 6.03. The molecular formula is C14H20ClNO. The minimum atomic E-state index is 0.329. The maximum atomic E-state index is 6.03. The molecule has 0 aliphatic carbocycles. The Balaban J connectivity index is 2.07. The Kier molecular flexibility index (Phi) is 3.95. The summed E-state index contributed by atoms with van der Waals surface area (Å²) in [4.78, 5) is 0. The first-order valence-electron chi connectivity index (χ1n) is 6.22. The standard InChI is InChI=1S/C14H20ClNO/c1-9-4-5-12(15)8-14(9)16-13-6-10(2)17-11(3)7-13/h4-5,8,10-11,13,16H,6-7H2,1-3H3. The van der Waals surface area contributed by atoms with Gasteiger partial charge in [-0.05, 0) is 51.3 Å². The number of hydrogen-bond donors (Lipinski definition) is 1. The van der Waals surface area contributed by atoms with Gasteiger partial charge in [-0.25, -0.2) is 0 Å². The second-order valence-corrected chi connectivity index (χ2v) is 5.47. The van der Waals surface area contributed by atoms with Crippen molar-refractivity contribution in [3.05, 3.63) is 28.8 Å². The van der Waals surface area contributed by atoms with Gasteiger partial charge in [0, 0.05) is 16.8 Å². The molecule has 94 valence electrons. The van der Waals surface area contributed by atoms with Crippen molar-refractivity contribution in [2.24, 2.45) is 0 Å². The lowest BCUT2D eigenvalue weighted by Crippen LogP contribution is -2.37. The van der Waals surface area contributed by atoms with Gasteiger partial charge in [-0.1, -0.05) is 17.7 Å². The molecule has 0 aromatic heterocycles. The SMILES string of the molecule is Cc1ccc(Cl)cc1NC1CC(C)OC(C)C1. The van der Waals surface area contributed by atoms with Crippen molar-refractivity contribution < 1.29 is 4.74 Å². The molecule has 0 saturated carbocycles. The number of anilines is 1. The van der Waals surface area contributed by atoms with Crippen molar-refractivity contribution in [3.63, 3.8) is 0 Å². The largest absolute Gasteiger partial charge is 0.382 e. The van der Waals surface area contributed by atoms with Crippen LogP contribution in [0.5, 0.6) is 0 Å². The molecule has 0 spiro atoms. The lowest BCUT2D eigenvalue weighted by Gasteiger charge is -2.33. The minimum Gasteiger partial charge on any atom is -0.382 e. The first-order chi connectivity index (χ1) is 8.04. The summed E-state index contributed by atoms with van der Waals surface area (Å²) in [6.07, 6.45) is 2.76. The van der Waals surface area contributed by atoms with E-state index in [1.165, 1.54) is 5.56 Å². The molecule has 1 heterocycles. The Hall–Kier alpha value is -0.730. The van der Waals surface area contributed by atoms with Crippen LogP contribution in [0, 0.1) is 6.92 Å². The van der Waals surface area contributed by atoms with Crippen LogP contribution in [0.1, 0.15) is 32.3 Å². The van der Waals surface area contributed by atoms with Crippen molar-refractivity contribution in [3.8, 4) is 0 Å². The van der Waals surface area contributed by atoms with Gasteiger partial charge in [0.2, 0.25) is 0 Å². The molecular weight excluding hydrogens is 234 g/mol. The molecule has 1 fully saturated rings. The van der Waals surface area contributed by atoms with Crippen LogP contribution in [0.3, 0.4) is 0 Å². The van der Waals surface area contributed by atoms with Crippen LogP contribution in [-0.2, 0) is 4.74 Å². The second kappa shape index (κ2) is 5.28. The molecule has 1 N–H and O–H groups in total. The molecule has 0 amide bonds. The van der Waals surface area contributed by atoms with E-state index in [1.54, 1.807) is 0 Å². The number of halogens is 1. The average molecular weight is 254 g/mol. The Morgan fingerprint density at radius 1 is 1.24 bits per heavy atom. The zero-order valence-corrected chi connectivity index (χ0v) is 11.4. The smallest absolute Gasteiger partial charge is 0.0570 e. The van der Waals surface area contributed by atoms with Crippen LogP contribution in [0.25, 0.3) is 0 Å². The Bertz CT molecular complexity index is 384. The summed E-state index contributed by atoms with van der Waals surface area (Å²) in [5, 5.41) is 4.37. The van der Waals surface area contributed by atoms with E-state index in [4.69, 9.17) is 16.3 Å². The average Bonchev–Trinajstić information content (AvgIpc) is 2.22. The van der Waals surface area contributed by atoms with E-state index in [9.17, 15) is 0 Å². The molecule has 1 aliphatic rings. The van der Waals surface area contributed by atoms with Gasteiger partial charge in [0.1, 0.15) is 0 Å². The van der Waals surface area contributed by atoms with Crippen molar-refractivity contribution in [1.29, 1.82) is 0 Å². The van der Waals surface area contributed by atoms with Gasteiger partial charge in [-0.2, -0.15) is 0 Å². The van der Waals surface area contributed by atoms with Crippen molar-refractivity contribution >= 4 is 17.3 Å². The highest BCUT2D eigenvalue weighted by atomic mass is 35.5. The fourth-order valence-electron chi connectivity index (χ4n) is 2.49. The van der Waals surface area contributed by atoms with Crippen LogP contribution in [-0.4, -0.2) is 18.2 Å². The van der Waals surface area contributed by atoms with Gasteiger partial charge in [0.25, 0.3) is 0 Å². The van der Waals surface area contributed by atoms with Crippen molar-refractivity contribution in [2.75, 3.05) is 5.32 Å². The lowest BCUT2D eigenvalue weighted by molar-refractivity contribution is -0.0337. The van der Waals surface area contributed by atoms with Gasteiger partial charge in [0.05, 0.1) is 12.2 Å². The summed E-state index contributed by atoms with van der Waals surface area (Å²) in [5.41, 5.74) is 2.38. The first kappa shape index (κ1) is 12.7. The number of benzene rings is 1. The number of hydrogen-bond acceptors (Lipinski definition) is 2. The second-order valence-electron chi connectivity index (χ2n) is 5.03. The third-order valence-corrected chi connectivity index (χ3v) is 3.49. The topological polar surface area (TPSA) is 21.3 Å². The monoisotopic (exact) mass is 253 g/mol. The molecule has 2 nitrogen and oxygen atoms in total. The highest BCUT2D eigenvalue weighted by Gasteiger charge is 2.24. The fraction of sp³-hybridized carbons (Fsp3) is 0.571. The Morgan fingerprint density at radius 3 is 2.53 bits per heavy atom. The number of aryl methyl sites for hydroxylation is 1. The summed E-state index contributed by atoms with van der Waals surface area (Å²) in [5.74, 6) is 0. The van der Waals surface area contributed by atoms with Gasteiger partial charge in [-0.3, -0.25) is 0 Å². The van der Waals surface area contributed by atoms with E-state index in [1.807, 2.05) is 12.1 Å². The lowest BCUT2D eigenvalue weighted by atomic mass is 9.99. The predicted octanol–water partition coefficient (Wildman–Crippen LogP) is 4.02. The number of ether oxygens (including phenoxy) is 1. The van der Waals surface area contributed by atoms with E-state index in [0.29, 0.717) is 18.2 Å². The zero-order chi connectivity index (χ0) is 12.4. The normalized spacial score (nSPS) is 29.1. The molecule has 1 aromatic rings. The van der Waals surface area contributed by atoms with Crippen LogP contribution >= 0.6 is 11.6 Å². The highest BCUT2D eigenvalue weighted by Crippen LogP contribution is 2.26. The highest BCUT2D eigenvalue weighted by molar-refractivity contribution is 6.30. The molecule has 0 radical (unpaired) electrons. The molecule has 2 atom stereocenters. The van der Waals surface area contributed by atoms with E-state index in [-0.39, 0.29) is 0 Å². The molecule has 17 heavy (non-hydrogen) atoms. The van der Waals surface area contributed by atoms with Crippen molar-refractivity contribution in [1.82, 2.24) is 0 Å². The Labute approximate surface area is 108 Å². The Morgan fingerprint density at radius 2 is 1.88 bits per heavy atom. The van der Waals surface area contributed by atoms with Crippen LogP contribution in [0.2, 0.25) is 5.02 Å². The fourth-order valence-corrected chi connectivity index (χ4v) is 2.66. The molecule has 2 rings (SSSR count). The molecule has 3 heteroatoms. The molecule has 1 aromatic carbocycles. The van der Waals surface area contributed by atoms with Gasteiger partial charge in [0.15, 0.2) is 0 Å². The predicted molar refractivity (Wildman–Crippen MR) is 72.8 cm³/mol. The van der Waals surface area contributed by atoms with Gasteiger partial charge >= 0.3 is 0 Å². The van der Waals surface area contributed by atoms with Gasteiger partial charge < -0.3 is 10.1 Å². The third kappa shape index (κ3) is 3.36. The van der Waals surface area contributed by atoms with E-state index >= 15 is 0 Å². The quantitative estimate of drug-likeness (QED) is 0.860. The molecule has 1 saturated heterocycles. The number of nitrogens with one attached hydrogen (secondary N) is 1. The molecule has 2 unspecified atom stereocenters. The summed E-state index contributed by atoms with van der Waals surface area (Å²) >= 11 is 6.03. The summed E-state index contributed by atoms with van der Waals surface area (Å²) in [6, 6.07) is 6.46. The van der Waals surface area contributed by atoms with Crippen LogP contribution in [0.15, 0.2) is 18.2 Å². The summed E-state index contributed by atoms with van der Waals surface area (Å²) in [7, 11) is 0. The minimum absolute atomic E-state index is 0.329. The molecule has 0 bridgehead atoms. The first-order valence-corrected chi connectivity index (χ1v) is 6.60. The van der Waals surface area contributed by atoms with E-state index in [0.717, 1.165) is 23.6 Å². The maximum Gasteiger partial charge on any atom is 0.0570 e. The number of rotatable bonds is 2.